The van der Waals surface area contributed by atoms with Gasteiger partial charge in [-0.05, 0) is 89.9 Å². The van der Waals surface area contributed by atoms with E-state index in [0.717, 1.165) is 64.2 Å². The Balaban J connectivity index is 4.04. The van der Waals surface area contributed by atoms with Crippen molar-refractivity contribution in [3.8, 4) is 0 Å². The van der Waals surface area contributed by atoms with Crippen LogP contribution in [0.15, 0.2) is 72.9 Å². The maximum atomic E-state index is 13.0. The summed E-state index contributed by atoms with van der Waals surface area (Å²) in [5.41, 5.74) is 0. The summed E-state index contributed by atoms with van der Waals surface area (Å²) in [5, 5.41) is 9.76. The van der Waals surface area contributed by atoms with Crippen LogP contribution < -0.4 is 0 Å². The molecular formula is C80H146NO8+. The monoisotopic (exact) mass is 1250 g/mol. The van der Waals surface area contributed by atoms with Crippen LogP contribution in [0.2, 0.25) is 0 Å². The average molecular weight is 1250 g/mol. The Labute approximate surface area is 551 Å². The molecule has 0 aromatic carbocycles. The molecule has 0 aliphatic heterocycles. The summed E-state index contributed by atoms with van der Waals surface area (Å²) in [5.74, 6) is -1.98. The Kier molecular flexibility index (Phi) is 68.0. The number of carbonyl (C=O) groups is 3. The third-order valence-corrected chi connectivity index (χ3v) is 16.9. The Morgan fingerprint density at radius 2 is 0.607 bits per heavy atom. The van der Waals surface area contributed by atoms with Crippen LogP contribution in [0.25, 0.3) is 0 Å². The van der Waals surface area contributed by atoms with Crippen LogP contribution in [-0.4, -0.2) is 87.4 Å². The zero-order valence-electron chi connectivity index (χ0n) is 59.3. The van der Waals surface area contributed by atoms with Gasteiger partial charge < -0.3 is 28.5 Å². The normalized spacial score (nSPS) is 13.0. The number of aliphatic carboxylic acids is 1. The molecule has 1 N–H and O–H groups in total. The van der Waals surface area contributed by atoms with Crippen molar-refractivity contribution in [3.63, 3.8) is 0 Å². The standard InChI is InChI=1S/C80H145NO8/c1-6-8-10-12-14-16-18-20-22-24-26-28-30-32-34-36-38-39-41-43-45-47-49-51-53-55-57-59-61-63-65-67-69-71-78(83)89-76(75-88-80(79(84)85)86-73-72-81(3,4)5)74-87-77(82)70-68-66-64-62-60-58-56-54-52-50-48-46-44-42-40-37-35-33-31-29-27-25-23-21-19-17-15-13-11-9-7-2/h18-21,24-27,30-33,76,80H,6-17,22-23,28-29,34-75H2,1-5H3/p+1/b20-18-,21-19-,26-24-,27-25-,32-30-,33-31-. The second-order valence-electron chi connectivity index (χ2n) is 27.0. The molecule has 0 aliphatic rings. The highest BCUT2D eigenvalue weighted by Gasteiger charge is 2.25. The SMILES string of the molecule is CCCCCCC/C=C\C/C=C\C/C=C\CCCCCCCCCCCCCCCCCCCCC(=O)OC(COC(=O)CCCCCCCCCCCCCCCCCC/C=C\C/C=C\C/C=C\CCCCCCC)COC(OCC[N+](C)(C)C)C(=O)O. The number of likely N-dealkylation sites (N-methyl/N-ethyl adjacent to an activating group) is 1. The van der Waals surface area contributed by atoms with Gasteiger partial charge >= 0.3 is 17.9 Å². The van der Waals surface area contributed by atoms with E-state index >= 15 is 0 Å². The van der Waals surface area contributed by atoms with Gasteiger partial charge in [-0.2, -0.15) is 0 Å². The van der Waals surface area contributed by atoms with Crippen LogP contribution in [0.3, 0.4) is 0 Å². The number of hydrogen-bond donors (Lipinski definition) is 1. The highest BCUT2D eigenvalue weighted by Crippen LogP contribution is 2.18. The van der Waals surface area contributed by atoms with E-state index in [-0.39, 0.29) is 38.2 Å². The number of carboxylic acid groups (broad SMARTS) is 1. The Bertz CT molecular complexity index is 1690. The molecule has 0 aromatic heterocycles. The first-order valence-electron chi connectivity index (χ1n) is 38.1. The summed E-state index contributed by atoms with van der Waals surface area (Å²) in [6.07, 6.45) is 91.8. The van der Waals surface area contributed by atoms with Gasteiger partial charge in [-0.1, -0.05) is 331 Å². The molecule has 0 aromatic rings. The van der Waals surface area contributed by atoms with Crippen molar-refractivity contribution in [2.45, 2.75) is 373 Å². The minimum absolute atomic E-state index is 0.180. The molecule has 0 heterocycles. The van der Waals surface area contributed by atoms with Crippen LogP contribution in [0.5, 0.6) is 0 Å². The molecule has 2 atom stereocenters. The molecule has 0 bridgehead atoms. The molecule has 9 heteroatoms. The maximum absolute atomic E-state index is 13.0. The molecular weight excluding hydrogens is 1100 g/mol. The van der Waals surface area contributed by atoms with Crippen molar-refractivity contribution in [2.24, 2.45) is 0 Å². The molecule has 0 spiro atoms. The van der Waals surface area contributed by atoms with E-state index in [0.29, 0.717) is 17.4 Å². The van der Waals surface area contributed by atoms with Crippen molar-refractivity contribution in [1.82, 2.24) is 0 Å². The van der Waals surface area contributed by atoms with E-state index < -0.39 is 18.4 Å². The highest BCUT2D eigenvalue weighted by atomic mass is 16.7. The van der Waals surface area contributed by atoms with Crippen molar-refractivity contribution in [1.29, 1.82) is 0 Å². The molecule has 9 nitrogen and oxygen atoms in total. The van der Waals surface area contributed by atoms with Gasteiger partial charge in [0.05, 0.1) is 34.4 Å². The average Bonchev–Trinajstić information content (AvgIpc) is 3.64. The predicted octanol–water partition coefficient (Wildman–Crippen LogP) is 24.0. The van der Waals surface area contributed by atoms with E-state index in [1.807, 2.05) is 21.1 Å². The van der Waals surface area contributed by atoms with Gasteiger partial charge in [0.1, 0.15) is 13.2 Å². The van der Waals surface area contributed by atoms with E-state index in [9.17, 15) is 19.5 Å². The van der Waals surface area contributed by atoms with Gasteiger partial charge in [-0.25, -0.2) is 4.79 Å². The number of rotatable bonds is 71. The number of ether oxygens (including phenoxy) is 4. The topological polar surface area (TPSA) is 108 Å². The lowest BCUT2D eigenvalue weighted by Gasteiger charge is -2.25. The van der Waals surface area contributed by atoms with Gasteiger partial charge in [-0.15, -0.1) is 0 Å². The number of unbranched alkanes of at least 4 members (excludes halogenated alkanes) is 44. The second kappa shape index (κ2) is 70.6. The number of esters is 2. The minimum Gasteiger partial charge on any atom is -0.477 e. The Morgan fingerprint density at radius 3 is 0.899 bits per heavy atom. The highest BCUT2D eigenvalue weighted by molar-refractivity contribution is 5.71. The van der Waals surface area contributed by atoms with Crippen molar-refractivity contribution in [2.75, 3.05) is 47.5 Å². The molecule has 0 fully saturated rings. The number of carbonyl (C=O) groups excluding carboxylic acids is 2. The number of hydrogen-bond acceptors (Lipinski definition) is 7. The zero-order chi connectivity index (χ0) is 64.7. The predicted molar refractivity (Wildman–Crippen MR) is 383 cm³/mol. The lowest BCUT2D eigenvalue weighted by Crippen LogP contribution is -2.40. The lowest BCUT2D eigenvalue weighted by atomic mass is 10.0. The quantitative estimate of drug-likeness (QED) is 0.0211. The third-order valence-electron chi connectivity index (χ3n) is 16.9. The van der Waals surface area contributed by atoms with E-state index in [4.69, 9.17) is 18.9 Å². The van der Waals surface area contributed by atoms with Gasteiger partial charge in [0.2, 0.25) is 0 Å². The van der Waals surface area contributed by atoms with Gasteiger partial charge in [-0.3, -0.25) is 9.59 Å². The van der Waals surface area contributed by atoms with Crippen molar-refractivity contribution < 1.29 is 42.9 Å². The molecule has 0 rings (SSSR count). The molecule has 0 aliphatic carbocycles. The molecule has 2 unspecified atom stereocenters. The number of carboxylic acids is 1. The largest absolute Gasteiger partial charge is 0.477 e. The smallest absolute Gasteiger partial charge is 0.361 e. The summed E-state index contributed by atoms with van der Waals surface area (Å²) in [7, 11) is 5.99. The number of quaternary nitrogens is 1. The van der Waals surface area contributed by atoms with Crippen molar-refractivity contribution >= 4 is 17.9 Å². The number of allylic oxidation sites excluding steroid dienone is 12. The first-order chi connectivity index (χ1) is 43.6. The van der Waals surface area contributed by atoms with Crippen molar-refractivity contribution in [3.05, 3.63) is 72.9 Å². The van der Waals surface area contributed by atoms with Crippen LogP contribution >= 0.6 is 0 Å². The zero-order valence-corrected chi connectivity index (χ0v) is 59.3. The number of nitrogens with zero attached hydrogens (tertiary/aromatic N) is 1. The fourth-order valence-electron chi connectivity index (χ4n) is 11.1. The maximum Gasteiger partial charge on any atom is 0.361 e. The Hall–Kier alpha value is -3.27. The summed E-state index contributed by atoms with van der Waals surface area (Å²) in [4.78, 5) is 37.7. The second-order valence-corrected chi connectivity index (χ2v) is 27.0. The van der Waals surface area contributed by atoms with Gasteiger partial charge in [0.25, 0.3) is 6.29 Å². The molecule has 0 radical (unpaired) electrons. The van der Waals surface area contributed by atoms with Gasteiger partial charge in [0, 0.05) is 12.8 Å². The molecule has 0 amide bonds. The van der Waals surface area contributed by atoms with E-state index in [1.54, 1.807) is 0 Å². The first-order valence-corrected chi connectivity index (χ1v) is 38.1. The fourth-order valence-corrected chi connectivity index (χ4v) is 11.1. The molecule has 89 heavy (non-hydrogen) atoms. The molecule has 0 saturated heterocycles. The summed E-state index contributed by atoms with van der Waals surface area (Å²) in [6.45, 7) is 4.90. The van der Waals surface area contributed by atoms with Crippen LogP contribution in [0.4, 0.5) is 0 Å². The molecule has 518 valence electrons. The van der Waals surface area contributed by atoms with Crippen LogP contribution in [0.1, 0.15) is 361 Å². The van der Waals surface area contributed by atoms with E-state index in [2.05, 4.69) is 86.8 Å². The lowest BCUT2D eigenvalue weighted by molar-refractivity contribution is -0.870. The van der Waals surface area contributed by atoms with Crippen LogP contribution in [0, 0.1) is 0 Å². The van der Waals surface area contributed by atoms with Crippen LogP contribution in [-0.2, 0) is 33.3 Å². The van der Waals surface area contributed by atoms with Gasteiger partial charge in [0.15, 0.2) is 6.10 Å². The summed E-state index contributed by atoms with van der Waals surface area (Å²) in [6, 6.07) is 0. The minimum atomic E-state index is -1.51. The first kappa shape index (κ1) is 85.7. The third kappa shape index (κ3) is 72.0. The Morgan fingerprint density at radius 1 is 0.337 bits per heavy atom. The molecule has 0 saturated carbocycles. The summed E-state index contributed by atoms with van der Waals surface area (Å²) >= 11 is 0. The van der Waals surface area contributed by atoms with E-state index in [1.165, 1.54) is 270 Å². The fraction of sp³-hybridized carbons (Fsp3) is 0.812. The summed E-state index contributed by atoms with van der Waals surface area (Å²) < 4.78 is 23.0.